The molecule has 0 amide bonds. The Labute approximate surface area is 120 Å². The van der Waals surface area contributed by atoms with E-state index in [9.17, 15) is 23.1 Å². The van der Waals surface area contributed by atoms with Crippen LogP contribution in [-0.2, 0) is 15.1 Å². The van der Waals surface area contributed by atoms with Crippen molar-refractivity contribution < 1.29 is 27.8 Å². The summed E-state index contributed by atoms with van der Waals surface area (Å²) in [6, 6.07) is 8.26. The largest absolute Gasteiger partial charge is 0.480 e. The van der Waals surface area contributed by atoms with Crippen LogP contribution in [-0.4, -0.2) is 37.0 Å². The van der Waals surface area contributed by atoms with Crippen molar-refractivity contribution in [2.45, 2.75) is 25.1 Å². The number of halogens is 3. The van der Waals surface area contributed by atoms with Gasteiger partial charge in [0.2, 0.25) is 0 Å². The first kappa shape index (κ1) is 17.5. The van der Waals surface area contributed by atoms with E-state index in [1.807, 2.05) is 0 Å². The molecule has 0 saturated heterocycles. The predicted octanol–water partition coefficient (Wildman–Crippen LogP) is 2.55. The van der Waals surface area contributed by atoms with Crippen molar-refractivity contribution in [3.8, 4) is 0 Å². The van der Waals surface area contributed by atoms with Gasteiger partial charge in [-0.3, -0.25) is 5.32 Å². The van der Waals surface area contributed by atoms with Gasteiger partial charge >= 0.3 is 12.1 Å². The van der Waals surface area contributed by atoms with E-state index in [-0.39, 0.29) is 6.61 Å². The van der Waals surface area contributed by atoms with E-state index in [2.05, 4.69) is 5.32 Å². The Bertz CT molecular complexity index is 451. The molecular formula is C14H18F3NO3. The second-order valence-corrected chi connectivity index (χ2v) is 4.52. The molecule has 0 aliphatic carbocycles. The average Bonchev–Trinajstić information content (AvgIpc) is 2.42. The fraction of sp³-hybridized carbons (Fsp3) is 0.500. The highest BCUT2D eigenvalue weighted by molar-refractivity contribution is 5.81. The van der Waals surface area contributed by atoms with Crippen LogP contribution in [0.25, 0.3) is 0 Å². The SMILES string of the molecule is CCNC(COCCC(F)(F)F)(C(=O)O)c1ccccc1. The molecule has 1 aromatic carbocycles. The van der Waals surface area contributed by atoms with Crippen LogP contribution >= 0.6 is 0 Å². The van der Waals surface area contributed by atoms with Gasteiger partial charge in [-0.15, -0.1) is 0 Å². The molecule has 0 heterocycles. The second-order valence-electron chi connectivity index (χ2n) is 4.52. The van der Waals surface area contributed by atoms with E-state index in [1.54, 1.807) is 37.3 Å². The summed E-state index contributed by atoms with van der Waals surface area (Å²) >= 11 is 0. The Morgan fingerprint density at radius 3 is 2.38 bits per heavy atom. The van der Waals surface area contributed by atoms with Crippen molar-refractivity contribution in [3.05, 3.63) is 35.9 Å². The fourth-order valence-electron chi connectivity index (χ4n) is 1.93. The molecular weight excluding hydrogens is 287 g/mol. The summed E-state index contributed by atoms with van der Waals surface area (Å²) in [5, 5.41) is 12.3. The molecule has 0 aliphatic heterocycles. The van der Waals surface area contributed by atoms with Crippen LogP contribution < -0.4 is 5.32 Å². The van der Waals surface area contributed by atoms with E-state index in [0.717, 1.165) is 0 Å². The van der Waals surface area contributed by atoms with Crippen molar-refractivity contribution in [2.75, 3.05) is 19.8 Å². The highest BCUT2D eigenvalue weighted by atomic mass is 19.4. The monoisotopic (exact) mass is 305 g/mol. The second kappa shape index (κ2) is 7.42. The molecule has 0 spiro atoms. The minimum atomic E-state index is -4.32. The van der Waals surface area contributed by atoms with Crippen molar-refractivity contribution in [3.63, 3.8) is 0 Å². The van der Waals surface area contributed by atoms with E-state index < -0.39 is 30.7 Å². The number of carboxylic acid groups (broad SMARTS) is 1. The standard InChI is InChI=1S/C14H18F3NO3/c1-2-18-13(12(19)20,11-6-4-3-5-7-11)10-21-9-8-14(15,16)17/h3-7,18H,2,8-10H2,1H3,(H,19,20). The van der Waals surface area contributed by atoms with Crippen LogP contribution in [0.15, 0.2) is 30.3 Å². The molecule has 0 aromatic heterocycles. The van der Waals surface area contributed by atoms with E-state index in [1.165, 1.54) is 0 Å². The quantitative estimate of drug-likeness (QED) is 0.725. The van der Waals surface area contributed by atoms with Gasteiger partial charge in [0.15, 0.2) is 5.54 Å². The molecule has 0 fully saturated rings. The van der Waals surface area contributed by atoms with Crippen LogP contribution in [0.3, 0.4) is 0 Å². The van der Waals surface area contributed by atoms with Crippen LogP contribution in [0.1, 0.15) is 18.9 Å². The predicted molar refractivity (Wildman–Crippen MR) is 70.9 cm³/mol. The van der Waals surface area contributed by atoms with Gasteiger partial charge in [0, 0.05) is 0 Å². The minimum absolute atomic E-state index is 0.337. The zero-order chi connectivity index (χ0) is 15.9. The number of ether oxygens (including phenoxy) is 1. The van der Waals surface area contributed by atoms with Crippen LogP contribution in [0.4, 0.5) is 13.2 Å². The Balaban J connectivity index is 2.85. The van der Waals surface area contributed by atoms with Gasteiger partial charge < -0.3 is 9.84 Å². The lowest BCUT2D eigenvalue weighted by atomic mass is 9.90. The summed E-state index contributed by atoms with van der Waals surface area (Å²) in [6.07, 6.45) is -5.43. The molecule has 2 N–H and O–H groups in total. The van der Waals surface area contributed by atoms with Crippen molar-refractivity contribution in [1.82, 2.24) is 5.32 Å². The maximum Gasteiger partial charge on any atom is 0.391 e. The topological polar surface area (TPSA) is 58.6 Å². The highest BCUT2D eigenvalue weighted by Gasteiger charge is 2.40. The van der Waals surface area contributed by atoms with Crippen LogP contribution in [0.2, 0.25) is 0 Å². The van der Waals surface area contributed by atoms with Gasteiger partial charge in [0.25, 0.3) is 0 Å². The molecule has 4 nitrogen and oxygen atoms in total. The lowest BCUT2D eigenvalue weighted by Gasteiger charge is -2.30. The Hall–Kier alpha value is -1.60. The molecule has 1 aromatic rings. The van der Waals surface area contributed by atoms with Gasteiger partial charge in [0.05, 0.1) is 19.6 Å². The molecule has 0 radical (unpaired) electrons. The summed E-state index contributed by atoms with van der Waals surface area (Å²) in [6.45, 7) is 1.10. The highest BCUT2D eigenvalue weighted by Crippen LogP contribution is 2.24. The lowest BCUT2D eigenvalue weighted by Crippen LogP contribution is -2.52. The van der Waals surface area contributed by atoms with Crippen LogP contribution in [0.5, 0.6) is 0 Å². The van der Waals surface area contributed by atoms with Gasteiger partial charge in [-0.1, -0.05) is 37.3 Å². The Morgan fingerprint density at radius 1 is 1.29 bits per heavy atom. The van der Waals surface area contributed by atoms with Crippen molar-refractivity contribution in [2.24, 2.45) is 0 Å². The number of carboxylic acids is 1. The lowest BCUT2D eigenvalue weighted by molar-refractivity contribution is -0.154. The van der Waals surface area contributed by atoms with Crippen molar-refractivity contribution >= 4 is 5.97 Å². The number of aliphatic carboxylic acids is 1. The summed E-state index contributed by atoms with van der Waals surface area (Å²) in [5.74, 6) is -1.19. The first-order valence-corrected chi connectivity index (χ1v) is 6.50. The smallest absolute Gasteiger partial charge is 0.391 e. The molecule has 1 unspecified atom stereocenters. The number of hydrogen-bond donors (Lipinski definition) is 2. The molecule has 1 atom stereocenters. The summed E-state index contributed by atoms with van der Waals surface area (Å²) < 4.78 is 41.3. The number of rotatable bonds is 8. The minimum Gasteiger partial charge on any atom is -0.480 e. The molecule has 0 aliphatic rings. The first-order valence-electron chi connectivity index (χ1n) is 6.50. The number of nitrogens with one attached hydrogen (secondary N) is 1. The molecule has 0 saturated carbocycles. The van der Waals surface area contributed by atoms with E-state index >= 15 is 0 Å². The average molecular weight is 305 g/mol. The maximum atomic E-state index is 12.1. The normalized spacial score (nSPS) is 14.7. The molecule has 7 heteroatoms. The molecule has 1 rings (SSSR count). The third-order valence-electron chi connectivity index (χ3n) is 2.96. The van der Waals surface area contributed by atoms with Gasteiger partial charge in [-0.25, -0.2) is 4.79 Å². The van der Waals surface area contributed by atoms with Gasteiger partial charge in [-0.05, 0) is 12.1 Å². The Morgan fingerprint density at radius 2 is 1.90 bits per heavy atom. The summed E-state index contributed by atoms with van der Waals surface area (Å²) in [7, 11) is 0. The number of alkyl halides is 3. The third kappa shape index (κ3) is 5.02. The third-order valence-corrected chi connectivity index (χ3v) is 2.96. The zero-order valence-corrected chi connectivity index (χ0v) is 11.6. The summed E-state index contributed by atoms with van der Waals surface area (Å²) in [4.78, 5) is 11.6. The molecule has 118 valence electrons. The maximum absolute atomic E-state index is 12.1. The van der Waals surface area contributed by atoms with E-state index in [4.69, 9.17) is 4.74 Å². The fourth-order valence-corrected chi connectivity index (χ4v) is 1.93. The van der Waals surface area contributed by atoms with Gasteiger partial charge in [0.1, 0.15) is 0 Å². The first-order chi connectivity index (χ1) is 9.82. The van der Waals surface area contributed by atoms with E-state index in [0.29, 0.717) is 12.1 Å². The molecule has 21 heavy (non-hydrogen) atoms. The number of likely N-dealkylation sites (N-methyl/N-ethyl adjacent to an activating group) is 1. The zero-order valence-electron chi connectivity index (χ0n) is 11.6. The number of carbonyl (C=O) groups is 1. The number of hydrogen-bond acceptors (Lipinski definition) is 3. The van der Waals surface area contributed by atoms with Crippen molar-refractivity contribution in [1.29, 1.82) is 0 Å². The van der Waals surface area contributed by atoms with Crippen LogP contribution in [0, 0.1) is 0 Å². The Kier molecular flexibility index (Phi) is 6.17. The summed E-state index contributed by atoms with van der Waals surface area (Å²) in [5.41, 5.74) is -1.12. The number of benzene rings is 1. The molecule has 0 bridgehead atoms. The van der Waals surface area contributed by atoms with Gasteiger partial charge in [-0.2, -0.15) is 13.2 Å².